The van der Waals surface area contributed by atoms with Gasteiger partial charge in [-0.2, -0.15) is 5.10 Å². The molecule has 0 amide bonds. The number of aryl methyl sites for hydroxylation is 2. The van der Waals surface area contributed by atoms with Crippen molar-refractivity contribution in [1.82, 2.24) is 19.7 Å². The molecule has 2 aromatic rings. The van der Waals surface area contributed by atoms with Crippen molar-refractivity contribution in [2.24, 2.45) is 13.0 Å². The van der Waals surface area contributed by atoms with Crippen molar-refractivity contribution in [2.45, 2.75) is 38.6 Å². The number of hydrogen-bond donors (Lipinski definition) is 1. The number of hydrogen-bond acceptors (Lipinski definition) is 6. The van der Waals surface area contributed by atoms with Crippen molar-refractivity contribution >= 4 is 26.8 Å². The molecule has 6 nitrogen and oxygen atoms in total. The number of nitrogens with zero attached hydrogens (tertiary/aromatic N) is 5. The molecule has 0 spiro atoms. The number of likely N-dealkylation sites (tertiary alicyclic amines) is 1. The number of aromatic nitrogens is 3. The summed E-state index contributed by atoms with van der Waals surface area (Å²) >= 11 is 1.78. The average molecular weight is 350 g/mol. The molecule has 1 N–H and O–H groups in total. The number of piperidine rings is 2. The second kappa shape index (κ2) is 6.61. The second-order valence-corrected chi connectivity index (χ2v) is 8.24. The number of aliphatic hydroxyl groups excluding tert-OH is 1. The highest BCUT2D eigenvalue weighted by Gasteiger charge is 2.29. The first kappa shape index (κ1) is 16.3. The van der Waals surface area contributed by atoms with Gasteiger partial charge in [0.25, 0.3) is 0 Å². The molecule has 0 bridgehead atoms. The highest BCUT2D eigenvalue weighted by Crippen LogP contribution is 2.33. The van der Waals surface area contributed by atoms with Crippen LogP contribution in [0.4, 0.5) is 5.13 Å². The Labute approximate surface area is 147 Å². The summed E-state index contributed by atoms with van der Waals surface area (Å²) in [5, 5.41) is 15.0. The largest absolute Gasteiger partial charge is 0.396 e. The Morgan fingerprint density at radius 3 is 2.71 bits per heavy atom. The van der Waals surface area contributed by atoms with E-state index in [0.717, 1.165) is 36.1 Å². The minimum atomic E-state index is 0.342. The third kappa shape index (κ3) is 2.93. The monoisotopic (exact) mass is 349 g/mol. The third-order valence-electron chi connectivity index (χ3n) is 5.59. The summed E-state index contributed by atoms with van der Waals surface area (Å²) in [6.45, 7) is 6.84. The van der Waals surface area contributed by atoms with E-state index in [1.54, 1.807) is 11.3 Å². The van der Waals surface area contributed by atoms with Gasteiger partial charge in [-0.05, 0) is 45.1 Å². The van der Waals surface area contributed by atoms with Crippen LogP contribution in [0.15, 0.2) is 0 Å². The summed E-state index contributed by atoms with van der Waals surface area (Å²) in [6.07, 6.45) is 4.82. The first-order valence-electron chi connectivity index (χ1n) is 9.05. The van der Waals surface area contributed by atoms with Crippen molar-refractivity contribution < 1.29 is 5.11 Å². The van der Waals surface area contributed by atoms with E-state index < -0.39 is 0 Å². The minimum absolute atomic E-state index is 0.342. The standard InChI is InChI=1S/C17H27N5OS/c1-12-15-16(20(2)19-12)18-17(24-15)21-8-5-14(6-9-21)22-7-3-4-13(10-22)11-23/h13-14,23H,3-11H2,1-2H3/t13-/m0/s1. The molecule has 24 heavy (non-hydrogen) atoms. The van der Waals surface area contributed by atoms with E-state index in [0.29, 0.717) is 18.6 Å². The molecule has 132 valence electrons. The first-order valence-corrected chi connectivity index (χ1v) is 9.87. The van der Waals surface area contributed by atoms with Gasteiger partial charge in [0.1, 0.15) is 0 Å². The fourth-order valence-corrected chi connectivity index (χ4v) is 5.29. The topological polar surface area (TPSA) is 57.4 Å². The predicted octanol–water partition coefficient (Wildman–Crippen LogP) is 2.01. The zero-order valence-corrected chi connectivity index (χ0v) is 15.4. The summed E-state index contributed by atoms with van der Waals surface area (Å²) in [5.41, 5.74) is 2.09. The van der Waals surface area contributed by atoms with Crippen LogP contribution in [0.3, 0.4) is 0 Å². The maximum atomic E-state index is 9.44. The Bertz CT molecular complexity index is 669. The van der Waals surface area contributed by atoms with E-state index >= 15 is 0 Å². The van der Waals surface area contributed by atoms with Crippen LogP contribution in [0.2, 0.25) is 0 Å². The van der Waals surface area contributed by atoms with Gasteiger partial charge in [-0.25, -0.2) is 9.67 Å². The van der Waals surface area contributed by atoms with Gasteiger partial charge in [0.05, 0.1) is 10.4 Å². The van der Waals surface area contributed by atoms with Crippen molar-refractivity contribution in [1.29, 1.82) is 0 Å². The molecule has 0 radical (unpaired) electrons. The fraction of sp³-hybridized carbons (Fsp3) is 0.765. The highest BCUT2D eigenvalue weighted by molar-refractivity contribution is 7.22. The molecular formula is C17H27N5OS. The zero-order valence-electron chi connectivity index (χ0n) is 14.6. The lowest BCUT2D eigenvalue weighted by Crippen LogP contribution is -2.49. The van der Waals surface area contributed by atoms with Crippen molar-refractivity contribution in [3.8, 4) is 0 Å². The summed E-state index contributed by atoms with van der Waals surface area (Å²) in [6, 6.07) is 0.674. The van der Waals surface area contributed by atoms with Crippen molar-refractivity contribution in [3.63, 3.8) is 0 Å². The molecule has 4 rings (SSSR count). The van der Waals surface area contributed by atoms with Gasteiger partial charge in [-0.15, -0.1) is 0 Å². The van der Waals surface area contributed by atoms with E-state index in [9.17, 15) is 5.11 Å². The average Bonchev–Trinajstić information content (AvgIpc) is 3.17. The van der Waals surface area contributed by atoms with Gasteiger partial charge in [-0.3, -0.25) is 4.90 Å². The van der Waals surface area contributed by atoms with Crippen LogP contribution in [0.1, 0.15) is 31.4 Å². The molecular weight excluding hydrogens is 322 g/mol. The van der Waals surface area contributed by atoms with Crippen LogP contribution >= 0.6 is 11.3 Å². The Hall–Kier alpha value is -1.18. The molecule has 2 aliphatic rings. The van der Waals surface area contributed by atoms with E-state index in [2.05, 4.69) is 21.8 Å². The van der Waals surface area contributed by atoms with Gasteiger partial charge in [0.15, 0.2) is 10.8 Å². The number of anilines is 1. The van der Waals surface area contributed by atoms with Crippen LogP contribution in [-0.2, 0) is 7.05 Å². The Kier molecular flexibility index (Phi) is 4.49. The normalized spacial score (nSPS) is 24.1. The second-order valence-electron chi connectivity index (χ2n) is 7.26. The highest BCUT2D eigenvalue weighted by atomic mass is 32.1. The molecule has 7 heteroatoms. The number of fused-ring (bicyclic) bond motifs is 1. The van der Waals surface area contributed by atoms with Gasteiger partial charge in [-0.1, -0.05) is 11.3 Å². The summed E-state index contributed by atoms with van der Waals surface area (Å²) in [4.78, 5) is 9.88. The molecule has 2 aliphatic heterocycles. The lowest BCUT2D eigenvalue weighted by molar-refractivity contribution is 0.0778. The summed E-state index contributed by atoms with van der Waals surface area (Å²) in [7, 11) is 1.97. The number of thiazole rings is 1. The van der Waals surface area contributed by atoms with Gasteiger partial charge in [0.2, 0.25) is 0 Å². The van der Waals surface area contributed by atoms with Gasteiger partial charge < -0.3 is 10.0 Å². The fourth-order valence-electron chi connectivity index (χ4n) is 4.21. The Morgan fingerprint density at radius 2 is 2.00 bits per heavy atom. The van der Waals surface area contributed by atoms with Crippen LogP contribution < -0.4 is 4.90 Å². The van der Waals surface area contributed by atoms with Gasteiger partial charge in [0, 0.05) is 39.3 Å². The Morgan fingerprint density at radius 1 is 1.21 bits per heavy atom. The quantitative estimate of drug-likeness (QED) is 0.919. The molecule has 0 aromatic carbocycles. The van der Waals surface area contributed by atoms with Crippen LogP contribution in [0.5, 0.6) is 0 Å². The van der Waals surface area contributed by atoms with Crippen molar-refractivity contribution in [2.75, 3.05) is 37.7 Å². The van der Waals surface area contributed by atoms with Crippen LogP contribution in [-0.4, -0.2) is 63.6 Å². The van der Waals surface area contributed by atoms with E-state index in [4.69, 9.17) is 4.98 Å². The Balaban J connectivity index is 1.41. The molecule has 2 fully saturated rings. The SMILES string of the molecule is Cc1nn(C)c2nc(N3CCC(N4CCC[C@H](CO)C4)CC3)sc12. The number of rotatable bonds is 3. The number of aliphatic hydroxyl groups is 1. The lowest BCUT2D eigenvalue weighted by atomic mass is 9.94. The summed E-state index contributed by atoms with van der Waals surface area (Å²) < 4.78 is 3.11. The van der Waals surface area contributed by atoms with E-state index in [-0.39, 0.29) is 0 Å². The summed E-state index contributed by atoms with van der Waals surface area (Å²) in [5.74, 6) is 0.483. The van der Waals surface area contributed by atoms with Gasteiger partial charge >= 0.3 is 0 Å². The maximum absolute atomic E-state index is 9.44. The third-order valence-corrected chi connectivity index (χ3v) is 6.81. The first-order chi connectivity index (χ1) is 11.7. The van der Waals surface area contributed by atoms with Crippen LogP contribution in [0, 0.1) is 12.8 Å². The van der Waals surface area contributed by atoms with Crippen molar-refractivity contribution in [3.05, 3.63) is 5.69 Å². The predicted molar refractivity (Wildman–Crippen MR) is 97.7 cm³/mol. The maximum Gasteiger partial charge on any atom is 0.188 e. The minimum Gasteiger partial charge on any atom is -0.396 e. The van der Waals surface area contributed by atoms with E-state index in [1.165, 1.54) is 36.9 Å². The zero-order chi connectivity index (χ0) is 16.7. The molecule has 2 saturated heterocycles. The molecule has 0 unspecified atom stereocenters. The smallest absolute Gasteiger partial charge is 0.188 e. The van der Waals surface area contributed by atoms with E-state index in [1.807, 2.05) is 11.7 Å². The molecule has 1 atom stereocenters. The molecule has 0 saturated carbocycles. The molecule has 0 aliphatic carbocycles. The van der Waals surface area contributed by atoms with Crippen LogP contribution in [0.25, 0.3) is 10.3 Å². The lowest BCUT2D eigenvalue weighted by Gasteiger charge is -2.42. The molecule has 2 aromatic heterocycles. The molecule has 4 heterocycles.